The van der Waals surface area contributed by atoms with Gasteiger partial charge in [-0.3, -0.25) is 0 Å². The van der Waals surface area contributed by atoms with Crippen LogP contribution in [0.15, 0.2) is 17.5 Å². The summed E-state index contributed by atoms with van der Waals surface area (Å²) < 4.78 is 0. The van der Waals surface area contributed by atoms with Gasteiger partial charge in [-0.15, -0.1) is 11.3 Å². The molecule has 3 heteroatoms. The Bertz CT molecular complexity index is 637. The number of rotatable bonds is 2. The predicted octanol–water partition coefficient (Wildman–Crippen LogP) is 4.54. The van der Waals surface area contributed by atoms with Crippen molar-refractivity contribution in [2.75, 3.05) is 0 Å². The third-order valence-corrected chi connectivity index (χ3v) is 4.42. The van der Waals surface area contributed by atoms with Gasteiger partial charge in [-0.1, -0.05) is 17.7 Å². The molecule has 2 nitrogen and oxygen atoms in total. The molecule has 1 heterocycles. The van der Waals surface area contributed by atoms with Crippen LogP contribution in [0.3, 0.4) is 0 Å². The average Bonchev–Trinajstić information content (AvgIpc) is 2.77. The molecule has 1 aromatic carbocycles. The molecule has 0 aliphatic rings. The SMILES string of the molecule is Cc1cc(C)c(-c2csc(C(C)(C)C#N)n2)c(C)c1. The first-order valence-electron chi connectivity index (χ1n) is 6.30. The third-order valence-electron chi connectivity index (χ3n) is 3.25. The highest BCUT2D eigenvalue weighted by molar-refractivity contribution is 7.10. The molecule has 0 bridgehead atoms. The summed E-state index contributed by atoms with van der Waals surface area (Å²) >= 11 is 1.56. The molecule has 98 valence electrons. The van der Waals surface area contributed by atoms with Gasteiger partial charge >= 0.3 is 0 Å². The lowest BCUT2D eigenvalue weighted by atomic mass is 9.96. The number of aryl methyl sites for hydroxylation is 3. The van der Waals surface area contributed by atoms with Gasteiger partial charge in [0.1, 0.15) is 10.4 Å². The Morgan fingerprint density at radius 2 is 1.74 bits per heavy atom. The second kappa shape index (κ2) is 4.79. The molecule has 2 aromatic rings. The lowest BCUT2D eigenvalue weighted by molar-refractivity contribution is 0.680. The van der Waals surface area contributed by atoms with Crippen molar-refractivity contribution in [1.82, 2.24) is 4.98 Å². The van der Waals surface area contributed by atoms with Crippen LogP contribution in [-0.4, -0.2) is 4.98 Å². The number of nitriles is 1. The molecular formula is C16H18N2S. The van der Waals surface area contributed by atoms with Gasteiger partial charge < -0.3 is 0 Å². The maximum absolute atomic E-state index is 9.19. The van der Waals surface area contributed by atoms with E-state index < -0.39 is 5.41 Å². The molecule has 0 radical (unpaired) electrons. The van der Waals surface area contributed by atoms with Crippen LogP contribution in [0, 0.1) is 32.1 Å². The average molecular weight is 270 g/mol. The summed E-state index contributed by atoms with van der Waals surface area (Å²) in [6.07, 6.45) is 0. The maximum Gasteiger partial charge on any atom is 0.113 e. The summed E-state index contributed by atoms with van der Waals surface area (Å²) in [6.45, 7) is 10.2. The number of thiazole rings is 1. The molecule has 0 fully saturated rings. The van der Waals surface area contributed by atoms with E-state index in [9.17, 15) is 5.26 Å². The van der Waals surface area contributed by atoms with Crippen molar-refractivity contribution >= 4 is 11.3 Å². The molecule has 0 N–H and O–H groups in total. The van der Waals surface area contributed by atoms with Crippen molar-refractivity contribution < 1.29 is 0 Å². The summed E-state index contributed by atoms with van der Waals surface area (Å²) in [5, 5.41) is 12.1. The molecule has 1 aromatic heterocycles. The van der Waals surface area contributed by atoms with E-state index in [0.29, 0.717) is 0 Å². The zero-order valence-electron chi connectivity index (χ0n) is 12.0. The van der Waals surface area contributed by atoms with Crippen LogP contribution in [0.4, 0.5) is 0 Å². The lowest BCUT2D eigenvalue weighted by Gasteiger charge is -2.11. The van der Waals surface area contributed by atoms with Gasteiger partial charge in [-0.2, -0.15) is 5.26 Å². The minimum atomic E-state index is -0.518. The smallest absolute Gasteiger partial charge is 0.113 e. The Hall–Kier alpha value is -1.66. The standard InChI is InChI=1S/C16H18N2S/c1-10-6-11(2)14(12(3)7-10)13-8-19-15(18-13)16(4,5)9-17/h6-8H,1-5H3. The number of hydrogen-bond acceptors (Lipinski definition) is 3. The summed E-state index contributed by atoms with van der Waals surface area (Å²) in [4.78, 5) is 4.67. The predicted molar refractivity (Wildman–Crippen MR) is 80.4 cm³/mol. The van der Waals surface area contributed by atoms with Gasteiger partial charge in [0, 0.05) is 10.9 Å². The largest absolute Gasteiger partial charge is 0.240 e. The van der Waals surface area contributed by atoms with Crippen molar-refractivity contribution in [3.63, 3.8) is 0 Å². The number of aromatic nitrogens is 1. The third kappa shape index (κ3) is 2.54. The zero-order chi connectivity index (χ0) is 14.2. The van der Waals surface area contributed by atoms with Gasteiger partial charge in [0.2, 0.25) is 0 Å². The van der Waals surface area contributed by atoms with E-state index in [1.54, 1.807) is 11.3 Å². The topological polar surface area (TPSA) is 36.7 Å². The monoisotopic (exact) mass is 270 g/mol. The van der Waals surface area contributed by atoms with Crippen LogP contribution in [0.5, 0.6) is 0 Å². The fourth-order valence-electron chi connectivity index (χ4n) is 2.31. The van der Waals surface area contributed by atoms with E-state index in [0.717, 1.165) is 10.7 Å². The van der Waals surface area contributed by atoms with E-state index in [1.165, 1.54) is 22.3 Å². The molecule has 19 heavy (non-hydrogen) atoms. The highest BCUT2D eigenvalue weighted by Crippen LogP contribution is 2.33. The summed E-state index contributed by atoms with van der Waals surface area (Å²) in [5.74, 6) is 0. The Morgan fingerprint density at radius 1 is 1.16 bits per heavy atom. The van der Waals surface area contributed by atoms with Crippen LogP contribution in [0.2, 0.25) is 0 Å². The molecule has 0 saturated heterocycles. The fraction of sp³-hybridized carbons (Fsp3) is 0.375. The first-order chi connectivity index (χ1) is 8.85. The van der Waals surface area contributed by atoms with Crippen molar-refractivity contribution in [2.45, 2.75) is 40.0 Å². The van der Waals surface area contributed by atoms with E-state index in [4.69, 9.17) is 0 Å². The van der Waals surface area contributed by atoms with Gasteiger partial charge in [-0.05, 0) is 45.7 Å². The Balaban J connectivity index is 2.54. The highest BCUT2D eigenvalue weighted by Gasteiger charge is 2.24. The first-order valence-corrected chi connectivity index (χ1v) is 7.18. The molecule has 0 atom stereocenters. The quantitative estimate of drug-likeness (QED) is 0.803. The molecule has 0 aliphatic heterocycles. The minimum absolute atomic E-state index is 0.518. The number of nitrogens with zero attached hydrogens (tertiary/aromatic N) is 2. The van der Waals surface area contributed by atoms with Crippen molar-refractivity contribution in [3.8, 4) is 17.3 Å². The van der Waals surface area contributed by atoms with Crippen LogP contribution < -0.4 is 0 Å². The molecule has 0 amide bonds. The van der Waals surface area contributed by atoms with Gasteiger partial charge in [0.25, 0.3) is 0 Å². The molecule has 0 aliphatic carbocycles. The first kappa shape index (κ1) is 13.8. The lowest BCUT2D eigenvalue weighted by Crippen LogP contribution is -2.13. The van der Waals surface area contributed by atoms with E-state index in [2.05, 4.69) is 49.3 Å². The van der Waals surface area contributed by atoms with Gasteiger partial charge in [0.05, 0.1) is 11.8 Å². The Morgan fingerprint density at radius 3 is 2.26 bits per heavy atom. The normalized spacial score (nSPS) is 11.4. The Kier molecular flexibility index (Phi) is 3.47. The Labute approximate surface area is 118 Å². The molecule has 0 spiro atoms. The van der Waals surface area contributed by atoms with Crippen LogP contribution in [0.1, 0.15) is 35.5 Å². The molecular weight excluding hydrogens is 252 g/mol. The van der Waals surface area contributed by atoms with Crippen LogP contribution in [0.25, 0.3) is 11.3 Å². The number of benzene rings is 1. The highest BCUT2D eigenvalue weighted by atomic mass is 32.1. The second-order valence-electron chi connectivity index (χ2n) is 5.55. The number of hydrogen-bond donors (Lipinski definition) is 0. The van der Waals surface area contributed by atoms with E-state index in [-0.39, 0.29) is 0 Å². The molecule has 0 unspecified atom stereocenters. The fourth-order valence-corrected chi connectivity index (χ4v) is 3.19. The minimum Gasteiger partial charge on any atom is -0.240 e. The zero-order valence-corrected chi connectivity index (χ0v) is 12.9. The van der Waals surface area contributed by atoms with Crippen LogP contribution >= 0.6 is 11.3 Å². The van der Waals surface area contributed by atoms with Crippen LogP contribution in [-0.2, 0) is 5.41 Å². The summed E-state index contributed by atoms with van der Waals surface area (Å²) in [7, 11) is 0. The summed E-state index contributed by atoms with van der Waals surface area (Å²) in [5.41, 5.74) is 5.41. The van der Waals surface area contributed by atoms with Crippen molar-refractivity contribution in [2.24, 2.45) is 0 Å². The molecule has 0 saturated carbocycles. The molecule has 2 rings (SSSR count). The maximum atomic E-state index is 9.19. The van der Waals surface area contributed by atoms with Crippen molar-refractivity contribution in [3.05, 3.63) is 39.2 Å². The van der Waals surface area contributed by atoms with Gasteiger partial charge in [-0.25, -0.2) is 4.98 Å². The second-order valence-corrected chi connectivity index (χ2v) is 6.41. The van der Waals surface area contributed by atoms with Crippen molar-refractivity contribution in [1.29, 1.82) is 5.26 Å². The van der Waals surface area contributed by atoms with Gasteiger partial charge in [0.15, 0.2) is 0 Å². The summed E-state index contributed by atoms with van der Waals surface area (Å²) in [6, 6.07) is 6.66. The van der Waals surface area contributed by atoms with E-state index >= 15 is 0 Å². The van der Waals surface area contributed by atoms with E-state index in [1.807, 2.05) is 13.8 Å².